The van der Waals surface area contributed by atoms with Gasteiger partial charge in [0.05, 0.1) is 19.3 Å². The van der Waals surface area contributed by atoms with E-state index >= 15 is 0 Å². The molecule has 0 bridgehead atoms. The SMILES string of the molecule is CC/C=C\C/C=C\C/C=C\C/C=C\C=C\C(O)CCCC(=O)OC[C@H](COP(=O)(O)OC[C@H](N)C(=O)O)OC(=O)CCCCCCCCCCCCCC. The second kappa shape index (κ2) is 35.8. The van der Waals surface area contributed by atoms with Crippen LogP contribution >= 0.6 is 7.82 Å². The third-order valence-electron chi connectivity index (χ3n) is 8.13. The van der Waals surface area contributed by atoms with Crippen LogP contribution in [0.2, 0.25) is 0 Å². The fourth-order valence-electron chi connectivity index (χ4n) is 4.97. The Morgan fingerprint density at radius 1 is 0.667 bits per heavy atom. The molecule has 0 aliphatic rings. The van der Waals surface area contributed by atoms with Gasteiger partial charge < -0.3 is 30.3 Å². The molecule has 13 heteroatoms. The Labute approximate surface area is 324 Å². The summed E-state index contributed by atoms with van der Waals surface area (Å²) in [4.78, 5) is 45.8. The first-order valence-corrected chi connectivity index (χ1v) is 21.4. The number of hydrogen-bond donors (Lipinski definition) is 4. The van der Waals surface area contributed by atoms with Crippen molar-refractivity contribution in [2.24, 2.45) is 5.73 Å². The van der Waals surface area contributed by atoms with E-state index < -0.39 is 63.8 Å². The Hall–Kier alpha value is -2.86. The summed E-state index contributed by atoms with van der Waals surface area (Å²) < 4.78 is 32.4. The van der Waals surface area contributed by atoms with E-state index in [1.807, 2.05) is 12.2 Å². The number of ether oxygens (including phenoxy) is 2. The molecular weight excluding hydrogens is 713 g/mol. The maximum absolute atomic E-state index is 12.6. The molecule has 2 unspecified atom stereocenters. The number of carboxylic acid groups (broad SMARTS) is 1. The number of hydrogen-bond acceptors (Lipinski definition) is 10. The van der Waals surface area contributed by atoms with Gasteiger partial charge in [0.25, 0.3) is 0 Å². The highest BCUT2D eigenvalue weighted by Gasteiger charge is 2.28. The number of nitrogens with two attached hydrogens (primary N) is 1. The molecule has 0 radical (unpaired) electrons. The lowest BCUT2D eigenvalue weighted by Crippen LogP contribution is -2.34. The van der Waals surface area contributed by atoms with Crippen molar-refractivity contribution in [3.63, 3.8) is 0 Å². The molecular formula is C41H70NO11P. The van der Waals surface area contributed by atoms with Gasteiger partial charge >= 0.3 is 25.7 Å². The molecule has 0 aliphatic carbocycles. The van der Waals surface area contributed by atoms with Crippen LogP contribution in [0.3, 0.4) is 0 Å². The minimum absolute atomic E-state index is 0.00999. The first kappa shape index (κ1) is 51.1. The summed E-state index contributed by atoms with van der Waals surface area (Å²) in [6.45, 7) is 2.46. The normalized spacial score (nSPS) is 15.1. The highest BCUT2D eigenvalue weighted by molar-refractivity contribution is 7.47. The summed E-state index contributed by atoms with van der Waals surface area (Å²) in [5.74, 6) is -2.61. The Balaban J connectivity index is 4.62. The van der Waals surface area contributed by atoms with Crippen molar-refractivity contribution in [1.82, 2.24) is 0 Å². The average Bonchev–Trinajstić information content (AvgIpc) is 3.14. The van der Waals surface area contributed by atoms with Crippen molar-refractivity contribution < 1.29 is 52.6 Å². The van der Waals surface area contributed by atoms with Crippen LogP contribution in [0, 0.1) is 0 Å². The van der Waals surface area contributed by atoms with Crippen LogP contribution < -0.4 is 5.73 Å². The van der Waals surface area contributed by atoms with Crippen molar-refractivity contribution in [3.05, 3.63) is 60.8 Å². The van der Waals surface area contributed by atoms with Crippen LogP contribution in [0.15, 0.2) is 60.8 Å². The van der Waals surface area contributed by atoms with Gasteiger partial charge in [-0.2, -0.15) is 0 Å². The van der Waals surface area contributed by atoms with Crippen molar-refractivity contribution in [2.75, 3.05) is 19.8 Å². The van der Waals surface area contributed by atoms with Crippen molar-refractivity contribution in [1.29, 1.82) is 0 Å². The molecule has 0 saturated heterocycles. The maximum atomic E-state index is 12.6. The quantitative estimate of drug-likeness (QED) is 0.0155. The van der Waals surface area contributed by atoms with Gasteiger partial charge in [0.15, 0.2) is 6.10 Å². The lowest BCUT2D eigenvalue weighted by molar-refractivity contribution is -0.161. The van der Waals surface area contributed by atoms with E-state index in [-0.39, 0.29) is 12.8 Å². The van der Waals surface area contributed by atoms with Crippen LogP contribution in [-0.4, -0.2) is 71.1 Å². The van der Waals surface area contributed by atoms with Crippen molar-refractivity contribution in [2.45, 2.75) is 161 Å². The molecule has 12 nitrogen and oxygen atoms in total. The molecule has 0 amide bonds. The molecule has 0 fully saturated rings. The van der Waals surface area contributed by atoms with Gasteiger partial charge in [0.2, 0.25) is 0 Å². The first-order chi connectivity index (χ1) is 26.0. The molecule has 0 aromatic carbocycles. The summed E-state index contributed by atoms with van der Waals surface area (Å²) in [6.07, 6.45) is 36.1. The first-order valence-electron chi connectivity index (χ1n) is 19.9. The number of phosphoric acid groups is 1. The van der Waals surface area contributed by atoms with Gasteiger partial charge in [0.1, 0.15) is 12.6 Å². The van der Waals surface area contributed by atoms with Crippen LogP contribution in [0.25, 0.3) is 0 Å². The summed E-state index contributed by atoms with van der Waals surface area (Å²) >= 11 is 0. The molecule has 310 valence electrons. The number of rotatable bonds is 36. The Bertz CT molecular complexity index is 1170. The van der Waals surface area contributed by atoms with Crippen LogP contribution in [0.4, 0.5) is 0 Å². The van der Waals surface area contributed by atoms with Gasteiger partial charge in [-0.15, -0.1) is 0 Å². The molecule has 0 spiro atoms. The minimum atomic E-state index is -4.76. The van der Waals surface area contributed by atoms with Crippen molar-refractivity contribution >= 4 is 25.7 Å². The van der Waals surface area contributed by atoms with E-state index in [4.69, 9.17) is 24.8 Å². The number of aliphatic hydroxyl groups excluding tert-OH is 1. The number of esters is 2. The van der Waals surface area contributed by atoms with Crippen LogP contribution in [-0.2, 0) is 37.5 Å². The van der Waals surface area contributed by atoms with Gasteiger partial charge in [0, 0.05) is 12.8 Å². The number of carbonyl (C=O) groups is 3. The second-order valence-electron chi connectivity index (χ2n) is 13.2. The van der Waals surface area contributed by atoms with Crippen molar-refractivity contribution in [3.8, 4) is 0 Å². The van der Waals surface area contributed by atoms with Gasteiger partial charge in [-0.25, -0.2) is 4.57 Å². The highest BCUT2D eigenvalue weighted by atomic mass is 31.2. The van der Waals surface area contributed by atoms with E-state index in [2.05, 4.69) is 54.8 Å². The fraction of sp³-hybridized carbons (Fsp3) is 0.683. The maximum Gasteiger partial charge on any atom is 0.472 e. The number of carbonyl (C=O) groups excluding carboxylic acids is 2. The number of phosphoric ester groups is 1. The molecule has 0 saturated carbocycles. The zero-order valence-corrected chi connectivity index (χ0v) is 33.8. The number of allylic oxidation sites excluding steroid dienone is 9. The predicted molar refractivity (Wildman–Crippen MR) is 214 cm³/mol. The van der Waals surface area contributed by atoms with Gasteiger partial charge in [-0.1, -0.05) is 145 Å². The predicted octanol–water partition coefficient (Wildman–Crippen LogP) is 8.97. The Morgan fingerprint density at radius 2 is 1.19 bits per heavy atom. The van der Waals surface area contributed by atoms with Gasteiger partial charge in [-0.05, 0) is 44.9 Å². The molecule has 0 rings (SSSR count). The van der Waals surface area contributed by atoms with Crippen LogP contribution in [0.1, 0.15) is 142 Å². The fourth-order valence-corrected chi connectivity index (χ4v) is 5.75. The molecule has 4 atom stereocenters. The standard InChI is InChI=1S/C41H70NO11P/c1-3-5-7-9-11-13-15-17-18-20-22-24-26-29-36(43)30-28-32-39(44)50-33-37(34-51-54(48,49)52-35-38(42)41(46)47)53-40(45)31-27-25-23-21-19-16-14-12-10-8-6-4-2/h5,7,11,13,17-18,22,24,26,29,36-38,43H,3-4,6,8-10,12,14-16,19-21,23,25,27-28,30-35,42H2,1-2H3,(H,46,47)(H,48,49)/b7-5-,13-11-,18-17-,24-22-,29-26+/t36?,37-,38+/m1/s1. The molecule has 0 heterocycles. The number of aliphatic carboxylic acids is 1. The molecule has 0 aromatic heterocycles. The van der Waals surface area contributed by atoms with E-state index in [0.717, 1.165) is 44.9 Å². The summed E-state index contributed by atoms with van der Waals surface area (Å²) in [5.41, 5.74) is 5.31. The average molecular weight is 784 g/mol. The zero-order chi connectivity index (χ0) is 40.1. The Kier molecular flexibility index (Phi) is 33.9. The van der Waals surface area contributed by atoms with E-state index in [1.165, 1.54) is 51.4 Å². The Morgan fingerprint density at radius 3 is 1.76 bits per heavy atom. The number of carboxylic acids is 1. The van der Waals surface area contributed by atoms with E-state index in [1.54, 1.807) is 12.2 Å². The summed E-state index contributed by atoms with van der Waals surface area (Å²) in [5, 5.41) is 19.1. The monoisotopic (exact) mass is 783 g/mol. The third kappa shape index (κ3) is 34.9. The zero-order valence-electron chi connectivity index (χ0n) is 32.9. The van der Waals surface area contributed by atoms with Gasteiger partial charge in [-0.3, -0.25) is 23.4 Å². The van der Waals surface area contributed by atoms with E-state index in [0.29, 0.717) is 19.3 Å². The third-order valence-corrected chi connectivity index (χ3v) is 9.08. The van der Waals surface area contributed by atoms with E-state index in [9.17, 15) is 28.9 Å². The highest BCUT2D eigenvalue weighted by Crippen LogP contribution is 2.43. The number of aliphatic hydroxyl groups is 1. The minimum Gasteiger partial charge on any atom is -0.480 e. The smallest absolute Gasteiger partial charge is 0.472 e. The lowest BCUT2D eigenvalue weighted by atomic mass is 10.0. The summed E-state index contributed by atoms with van der Waals surface area (Å²) in [7, 11) is -4.76. The summed E-state index contributed by atoms with van der Waals surface area (Å²) in [6, 6.07) is -1.55. The molecule has 0 aliphatic heterocycles. The topological polar surface area (TPSA) is 192 Å². The molecule has 54 heavy (non-hydrogen) atoms. The molecule has 5 N–H and O–H groups in total. The number of unbranched alkanes of at least 4 members (excludes halogenated alkanes) is 11. The second-order valence-corrected chi connectivity index (χ2v) is 14.7. The lowest BCUT2D eigenvalue weighted by Gasteiger charge is -2.20. The molecule has 0 aromatic rings. The van der Waals surface area contributed by atoms with Crippen LogP contribution in [0.5, 0.6) is 0 Å². The largest absolute Gasteiger partial charge is 0.480 e.